The molecule has 1 atom stereocenters. The minimum absolute atomic E-state index is 0.0608. The summed E-state index contributed by atoms with van der Waals surface area (Å²) in [6, 6.07) is 4.02. The van der Waals surface area contributed by atoms with Crippen LogP contribution >= 0.6 is 0 Å². The zero-order valence-corrected chi connectivity index (χ0v) is 13.5. The average Bonchev–Trinajstić information content (AvgIpc) is 2.55. The second-order valence-electron chi connectivity index (χ2n) is 5.68. The number of anilines is 1. The maximum absolute atomic E-state index is 12.4. The topological polar surface area (TPSA) is 65.5 Å². The monoisotopic (exact) mass is 304 g/mol. The molecule has 22 heavy (non-hydrogen) atoms. The van der Waals surface area contributed by atoms with Gasteiger partial charge in [-0.15, -0.1) is 0 Å². The molecule has 1 aliphatic rings. The van der Waals surface area contributed by atoms with Crippen molar-refractivity contribution in [1.29, 1.82) is 0 Å². The first kappa shape index (κ1) is 16.3. The molecule has 2 amide bonds. The zero-order valence-electron chi connectivity index (χ0n) is 13.5. The van der Waals surface area contributed by atoms with E-state index in [1.54, 1.807) is 29.0 Å². The summed E-state index contributed by atoms with van der Waals surface area (Å²) in [6.07, 6.45) is 2.73. The summed E-state index contributed by atoms with van der Waals surface area (Å²) in [5.41, 5.74) is 1.37. The molecule has 120 valence electrons. The molecule has 0 aromatic carbocycles. The molecule has 1 aromatic rings. The number of rotatable bonds is 4. The van der Waals surface area contributed by atoms with E-state index >= 15 is 0 Å². The van der Waals surface area contributed by atoms with Crippen molar-refractivity contribution in [2.45, 2.75) is 33.2 Å². The summed E-state index contributed by atoms with van der Waals surface area (Å²) in [5.74, 6) is -0.0102. The molecule has 1 saturated heterocycles. The molecule has 2 heterocycles. The molecule has 0 radical (unpaired) electrons. The summed E-state index contributed by atoms with van der Waals surface area (Å²) >= 11 is 0. The number of carbonyl (C=O) groups is 2. The number of carbonyl (C=O) groups excluding carboxylic acids is 2. The fourth-order valence-corrected chi connectivity index (χ4v) is 2.38. The number of piperazine rings is 1. The van der Waals surface area contributed by atoms with Gasteiger partial charge in [0.2, 0.25) is 5.91 Å². The van der Waals surface area contributed by atoms with Crippen LogP contribution < -0.4 is 5.32 Å². The van der Waals surface area contributed by atoms with Crippen LogP contribution in [0.5, 0.6) is 0 Å². The van der Waals surface area contributed by atoms with Gasteiger partial charge >= 0.3 is 0 Å². The van der Waals surface area contributed by atoms with E-state index in [1.165, 1.54) is 0 Å². The molecule has 6 heteroatoms. The van der Waals surface area contributed by atoms with Crippen LogP contribution in [-0.4, -0.2) is 58.8 Å². The molecular weight excluding hydrogens is 280 g/mol. The molecule has 1 unspecified atom stereocenters. The highest BCUT2D eigenvalue weighted by molar-refractivity contribution is 5.92. The summed E-state index contributed by atoms with van der Waals surface area (Å²) in [6.45, 7) is 8.09. The molecule has 0 spiro atoms. The maximum atomic E-state index is 12.4. The first-order valence-electron chi connectivity index (χ1n) is 7.78. The predicted octanol–water partition coefficient (Wildman–Crippen LogP) is 1.60. The van der Waals surface area contributed by atoms with Crippen molar-refractivity contribution < 1.29 is 9.59 Å². The van der Waals surface area contributed by atoms with Crippen LogP contribution in [0.4, 0.5) is 5.69 Å². The van der Waals surface area contributed by atoms with E-state index in [1.807, 2.05) is 6.07 Å². The molecule has 1 aromatic heterocycles. The number of hydrogen-bond acceptors (Lipinski definition) is 4. The molecule has 1 fully saturated rings. The minimum atomic E-state index is -0.0710. The summed E-state index contributed by atoms with van der Waals surface area (Å²) in [4.78, 5) is 31.5. The van der Waals surface area contributed by atoms with Crippen molar-refractivity contribution in [3.05, 3.63) is 24.0 Å². The van der Waals surface area contributed by atoms with Crippen LogP contribution in [0.15, 0.2) is 18.3 Å². The normalized spacial score (nSPS) is 16.3. The largest absolute Gasteiger partial charge is 0.381 e. The molecule has 1 aliphatic heterocycles. The maximum Gasteiger partial charge on any atom is 0.272 e. The molecule has 6 nitrogen and oxygen atoms in total. The fraction of sp³-hybridized carbons (Fsp3) is 0.562. The lowest BCUT2D eigenvalue weighted by atomic mass is 10.2. The Bertz CT molecular complexity index is 521. The number of pyridine rings is 1. The van der Waals surface area contributed by atoms with Crippen molar-refractivity contribution >= 4 is 17.5 Å². The SMILES string of the molecule is CCC(C)Nc1ccc(C(=O)N2CCN(C(C)=O)CC2)nc1. The van der Waals surface area contributed by atoms with Crippen LogP contribution in [0.1, 0.15) is 37.7 Å². The third kappa shape index (κ3) is 3.96. The third-order valence-electron chi connectivity index (χ3n) is 4.02. The van der Waals surface area contributed by atoms with Crippen LogP contribution in [0.25, 0.3) is 0 Å². The van der Waals surface area contributed by atoms with Crippen molar-refractivity contribution in [2.75, 3.05) is 31.5 Å². The van der Waals surface area contributed by atoms with E-state index in [9.17, 15) is 9.59 Å². The molecule has 0 bridgehead atoms. The number of amides is 2. The Morgan fingerprint density at radius 2 is 1.86 bits per heavy atom. The van der Waals surface area contributed by atoms with E-state index in [0.29, 0.717) is 37.9 Å². The quantitative estimate of drug-likeness (QED) is 0.917. The zero-order chi connectivity index (χ0) is 16.1. The lowest BCUT2D eigenvalue weighted by molar-refractivity contribution is -0.130. The van der Waals surface area contributed by atoms with Gasteiger partial charge in [-0.05, 0) is 25.5 Å². The molecular formula is C16H24N4O2. The van der Waals surface area contributed by atoms with Crippen molar-refractivity contribution in [1.82, 2.24) is 14.8 Å². The highest BCUT2D eigenvalue weighted by Gasteiger charge is 2.23. The first-order chi connectivity index (χ1) is 10.5. The Labute approximate surface area is 131 Å². The van der Waals surface area contributed by atoms with Gasteiger partial charge in [-0.3, -0.25) is 9.59 Å². The van der Waals surface area contributed by atoms with Gasteiger partial charge in [0.15, 0.2) is 0 Å². The standard InChI is InChI=1S/C16H24N4O2/c1-4-12(2)18-14-5-6-15(17-11-14)16(22)20-9-7-19(8-10-20)13(3)21/h5-6,11-12,18H,4,7-10H2,1-3H3. The van der Waals surface area contributed by atoms with E-state index in [-0.39, 0.29) is 11.8 Å². The van der Waals surface area contributed by atoms with Crippen molar-refractivity contribution in [2.24, 2.45) is 0 Å². The second-order valence-corrected chi connectivity index (χ2v) is 5.68. The number of nitrogens with one attached hydrogen (secondary N) is 1. The van der Waals surface area contributed by atoms with Gasteiger partial charge in [-0.25, -0.2) is 4.98 Å². The molecule has 0 saturated carbocycles. The first-order valence-corrected chi connectivity index (χ1v) is 7.78. The van der Waals surface area contributed by atoms with E-state index in [0.717, 1.165) is 12.1 Å². The van der Waals surface area contributed by atoms with E-state index in [2.05, 4.69) is 24.1 Å². The Balaban J connectivity index is 1.94. The van der Waals surface area contributed by atoms with Crippen molar-refractivity contribution in [3.63, 3.8) is 0 Å². The Hall–Kier alpha value is -2.11. The van der Waals surface area contributed by atoms with Crippen LogP contribution in [0.3, 0.4) is 0 Å². The van der Waals surface area contributed by atoms with Gasteiger partial charge in [0, 0.05) is 39.1 Å². The number of hydrogen-bond donors (Lipinski definition) is 1. The summed E-state index contributed by atoms with van der Waals surface area (Å²) < 4.78 is 0. The van der Waals surface area contributed by atoms with Gasteiger partial charge < -0.3 is 15.1 Å². The molecule has 1 N–H and O–H groups in total. The van der Waals surface area contributed by atoms with Crippen LogP contribution in [0.2, 0.25) is 0 Å². The van der Waals surface area contributed by atoms with Gasteiger partial charge in [0.25, 0.3) is 5.91 Å². The van der Waals surface area contributed by atoms with Gasteiger partial charge in [-0.1, -0.05) is 6.92 Å². The number of nitrogens with zero attached hydrogens (tertiary/aromatic N) is 3. The molecule has 0 aliphatic carbocycles. The highest BCUT2D eigenvalue weighted by atomic mass is 16.2. The van der Waals surface area contributed by atoms with Crippen molar-refractivity contribution in [3.8, 4) is 0 Å². The third-order valence-corrected chi connectivity index (χ3v) is 4.02. The fourth-order valence-electron chi connectivity index (χ4n) is 2.38. The Morgan fingerprint density at radius 1 is 1.23 bits per heavy atom. The lowest BCUT2D eigenvalue weighted by Gasteiger charge is -2.34. The van der Waals surface area contributed by atoms with Gasteiger partial charge in [-0.2, -0.15) is 0 Å². The molecule has 2 rings (SSSR count). The number of aromatic nitrogens is 1. The summed E-state index contributed by atoms with van der Waals surface area (Å²) in [7, 11) is 0. The van der Waals surface area contributed by atoms with Gasteiger partial charge in [0.1, 0.15) is 5.69 Å². The van der Waals surface area contributed by atoms with Crippen LogP contribution in [-0.2, 0) is 4.79 Å². The Morgan fingerprint density at radius 3 is 2.36 bits per heavy atom. The minimum Gasteiger partial charge on any atom is -0.381 e. The van der Waals surface area contributed by atoms with Gasteiger partial charge in [0.05, 0.1) is 11.9 Å². The average molecular weight is 304 g/mol. The highest BCUT2D eigenvalue weighted by Crippen LogP contribution is 2.12. The second kappa shape index (κ2) is 7.24. The lowest BCUT2D eigenvalue weighted by Crippen LogP contribution is -2.50. The summed E-state index contributed by atoms with van der Waals surface area (Å²) in [5, 5.41) is 3.32. The van der Waals surface area contributed by atoms with E-state index < -0.39 is 0 Å². The van der Waals surface area contributed by atoms with Crippen LogP contribution in [0, 0.1) is 0 Å². The van der Waals surface area contributed by atoms with E-state index in [4.69, 9.17) is 0 Å². The predicted molar refractivity (Wildman–Crippen MR) is 85.8 cm³/mol. The smallest absolute Gasteiger partial charge is 0.272 e. The Kier molecular flexibility index (Phi) is 5.35.